The van der Waals surface area contributed by atoms with E-state index in [2.05, 4.69) is 20.9 Å². The molecule has 0 atom stereocenters. The summed E-state index contributed by atoms with van der Waals surface area (Å²) in [6.45, 7) is 0. The predicted octanol–water partition coefficient (Wildman–Crippen LogP) is 0.952. The van der Waals surface area contributed by atoms with Gasteiger partial charge in [0, 0.05) is 6.20 Å². The number of alkyl halides is 1. The molecule has 0 amide bonds. The summed E-state index contributed by atoms with van der Waals surface area (Å²) in [5.41, 5.74) is -0.138. The fourth-order valence-corrected chi connectivity index (χ4v) is 1.02. The molecule has 0 unspecified atom stereocenters. The molecule has 58 valence electrons. The van der Waals surface area contributed by atoms with Gasteiger partial charge < -0.3 is 4.98 Å². The maximum Gasteiger partial charge on any atom is 0.258 e. The summed E-state index contributed by atoms with van der Waals surface area (Å²) in [7, 11) is 0. The highest BCUT2D eigenvalue weighted by Crippen LogP contribution is 1.94. The normalized spacial score (nSPS) is 9.55. The summed E-state index contributed by atoms with van der Waals surface area (Å²) in [5.74, 6) is -0.202. The third-order valence-electron chi connectivity index (χ3n) is 1.24. The molecule has 4 heteroatoms. The standard InChI is InChI=1S/C7H6BrNO2/c8-4-6(10)5-2-1-3-9-7(5)11/h1-3H,4H2,(H,9,11). The lowest BCUT2D eigenvalue weighted by Gasteiger charge is -1.92. The summed E-state index contributed by atoms with van der Waals surface area (Å²) in [4.78, 5) is 24.3. The molecular formula is C7H6BrNO2. The quantitative estimate of drug-likeness (QED) is 0.591. The van der Waals surface area contributed by atoms with Crippen LogP contribution in [0.1, 0.15) is 10.4 Å². The molecule has 0 saturated carbocycles. The van der Waals surface area contributed by atoms with Crippen LogP contribution in [0.15, 0.2) is 23.1 Å². The van der Waals surface area contributed by atoms with Crippen LogP contribution in [0.3, 0.4) is 0 Å². The second-order valence-corrected chi connectivity index (χ2v) is 2.53. The van der Waals surface area contributed by atoms with Crippen LogP contribution in [0.25, 0.3) is 0 Å². The van der Waals surface area contributed by atoms with Gasteiger partial charge >= 0.3 is 0 Å². The molecule has 1 aromatic heterocycles. The van der Waals surface area contributed by atoms with Crippen LogP contribution < -0.4 is 5.56 Å². The monoisotopic (exact) mass is 215 g/mol. The molecule has 0 fully saturated rings. The maximum atomic E-state index is 11.0. The Balaban J connectivity index is 3.14. The van der Waals surface area contributed by atoms with Gasteiger partial charge in [-0.15, -0.1) is 0 Å². The number of aromatic amines is 1. The molecule has 11 heavy (non-hydrogen) atoms. The van der Waals surface area contributed by atoms with E-state index in [4.69, 9.17) is 0 Å². The molecule has 0 spiro atoms. The zero-order valence-electron chi connectivity index (χ0n) is 5.63. The first-order chi connectivity index (χ1) is 5.25. The molecule has 0 aliphatic heterocycles. The second kappa shape index (κ2) is 3.48. The van der Waals surface area contributed by atoms with Crippen LogP contribution in [0.5, 0.6) is 0 Å². The Morgan fingerprint density at radius 1 is 1.64 bits per heavy atom. The molecule has 0 aromatic carbocycles. The average molecular weight is 216 g/mol. The van der Waals surface area contributed by atoms with Gasteiger partial charge in [0.2, 0.25) is 0 Å². The van der Waals surface area contributed by atoms with Crippen molar-refractivity contribution in [2.75, 3.05) is 5.33 Å². The molecule has 0 aliphatic rings. The van der Waals surface area contributed by atoms with Crippen molar-refractivity contribution >= 4 is 21.7 Å². The number of hydrogen-bond acceptors (Lipinski definition) is 2. The third kappa shape index (κ3) is 1.77. The Labute approximate surface area is 71.6 Å². The maximum absolute atomic E-state index is 11.0. The minimum atomic E-state index is -0.336. The van der Waals surface area contributed by atoms with E-state index in [1.807, 2.05) is 0 Å². The van der Waals surface area contributed by atoms with Crippen LogP contribution >= 0.6 is 15.9 Å². The van der Waals surface area contributed by atoms with E-state index in [1.54, 1.807) is 6.07 Å². The number of carbonyl (C=O) groups excluding carboxylic acids is 1. The van der Waals surface area contributed by atoms with E-state index >= 15 is 0 Å². The van der Waals surface area contributed by atoms with E-state index < -0.39 is 0 Å². The van der Waals surface area contributed by atoms with E-state index in [-0.39, 0.29) is 22.2 Å². The Hall–Kier alpha value is -0.900. The topological polar surface area (TPSA) is 49.9 Å². The summed E-state index contributed by atoms with van der Waals surface area (Å²) < 4.78 is 0. The minimum Gasteiger partial charge on any atom is -0.328 e. The van der Waals surface area contributed by atoms with Gasteiger partial charge in [0.1, 0.15) is 0 Å². The van der Waals surface area contributed by atoms with Crippen LogP contribution in [0, 0.1) is 0 Å². The molecule has 1 N–H and O–H groups in total. The molecule has 1 aromatic rings. The largest absolute Gasteiger partial charge is 0.328 e. The average Bonchev–Trinajstić information content (AvgIpc) is 2.04. The lowest BCUT2D eigenvalue weighted by atomic mass is 10.2. The van der Waals surface area contributed by atoms with Crippen LogP contribution in [-0.2, 0) is 0 Å². The molecular weight excluding hydrogens is 210 g/mol. The Morgan fingerprint density at radius 3 is 2.91 bits per heavy atom. The van der Waals surface area contributed by atoms with Crippen LogP contribution in [0.2, 0.25) is 0 Å². The van der Waals surface area contributed by atoms with E-state index in [0.29, 0.717) is 0 Å². The van der Waals surface area contributed by atoms with Crippen molar-refractivity contribution in [2.24, 2.45) is 0 Å². The molecule has 3 nitrogen and oxygen atoms in total. The van der Waals surface area contributed by atoms with Gasteiger partial charge in [0.15, 0.2) is 5.78 Å². The van der Waals surface area contributed by atoms with E-state index in [0.717, 1.165) is 0 Å². The molecule has 0 aliphatic carbocycles. The predicted molar refractivity (Wildman–Crippen MR) is 45.2 cm³/mol. The number of Topliss-reactive ketones (excluding diaryl/α,β-unsaturated/α-hetero) is 1. The summed E-state index contributed by atoms with van der Waals surface area (Å²) >= 11 is 2.98. The van der Waals surface area contributed by atoms with Crippen molar-refractivity contribution in [1.29, 1.82) is 0 Å². The van der Waals surface area contributed by atoms with Crippen molar-refractivity contribution in [3.63, 3.8) is 0 Å². The summed E-state index contributed by atoms with van der Waals surface area (Å²) in [6, 6.07) is 3.12. The molecule has 0 saturated heterocycles. The number of H-pyrrole nitrogens is 1. The zero-order valence-corrected chi connectivity index (χ0v) is 7.22. The highest BCUT2D eigenvalue weighted by atomic mass is 79.9. The van der Waals surface area contributed by atoms with E-state index in [1.165, 1.54) is 12.3 Å². The van der Waals surface area contributed by atoms with Crippen molar-refractivity contribution in [3.05, 3.63) is 34.2 Å². The smallest absolute Gasteiger partial charge is 0.258 e. The van der Waals surface area contributed by atoms with Crippen molar-refractivity contribution in [1.82, 2.24) is 4.98 Å². The number of carbonyl (C=O) groups is 1. The minimum absolute atomic E-state index is 0.181. The number of aromatic nitrogens is 1. The van der Waals surface area contributed by atoms with Crippen molar-refractivity contribution in [2.45, 2.75) is 0 Å². The fourth-order valence-electron chi connectivity index (χ4n) is 0.713. The Bertz CT molecular complexity index is 318. The Kier molecular flexibility index (Phi) is 2.59. The van der Waals surface area contributed by atoms with Crippen molar-refractivity contribution < 1.29 is 4.79 Å². The van der Waals surface area contributed by atoms with Gasteiger partial charge in [0.05, 0.1) is 10.9 Å². The zero-order chi connectivity index (χ0) is 8.27. The molecule has 0 bridgehead atoms. The molecule has 0 radical (unpaired) electrons. The third-order valence-corrected chi connectivity index (χ3v) is 1.75. The van der Waals surface area contributed by atoms with Gasteiger partial charge in [-0.25, -0.2) is 0 Å². The first kappa shape index (κ1) is 8.20. The first-order valence-corrected chi connectivity index (χ1v) is 4.14. The van der Waals surface area contributed by atoms with Gasteiger partial charge in [-0.2, -0.15) is 0 Å². The number of ketones is 1. The fraction of sp³-hybridized carbons (Fsp3) is 0.143. The second-order valence-electron chi connectivity index (χ2n) is 1.97. The number of rotatable bonds is 2. The van der Waals surface area contributed by atoms with Crippen LogP contribution in [0.4, 0.5) is 0 Å². The highest BCUT2D eigenvalue weighted by Gasteiger charge is 2.06. The molecule has 1 rings (SSSR count). The molecule has 1 heterocycles. The van der Waals surface area contributed by atoms with Crippen molar-refractivity contribution in [3.8, 4) is 0 Å². The van der Waals surface area contributed by atoms with Crippen LogP contribution in [-0.4, -0.2) is 16.1 Å². The Morgan fingerprint density at radius 2 is 2.36 bits per heavy atom. The number of halogens is 1. The van der Waals surface area contributed by atoms with E-state index in [9.17, 15) is 9.59 Å². The lowest BCUT2D eigenvalue weighted by Crippen LogP contribution is -2.17. The van der Waals surface area contributed by atoms with Gasteiger partial charge in [-0.1, -0.05) is 15.9 Å². The lowest BCUT2D eigenvalue weighted by molar-refractivity contribution is 0.102. The van der Waals surface area contributed by atoms with Gasteiger partial charge in [-0.3, -0.25) is 9.59 Å². The van der Waals surface area contributed by atoms with Gasteiger partial charge in [0.25, 0.3) is 5.56 Å². The number of hydrogen-bond donors (Lipinski definition) is 1. The number of pyridine rings is 1. The number of nitrogens with one attached hydrogen (secondary N) is 1. The summed E-state index contributed by atoms with van der Waals surface area (Å²) in [6.07, 6.45) is 1.49. The van der Waals surface area contributed by atoms with Gasteiger partial charge in [-0.05, 0) is 12.1 Å². The summed E-state index contributed by atoms with van der Waals surface area (Å²) in [5, 5.41) is 0.181. The SMILES string of the molecule is O=C(CBr)c1ccc[nH]c1=O. The first-order valence-electron chi connectivity index (χ1n) is 3.02. The highest BCUT2D eigenvalue weighted by molar-refractivity contribution is 9.09.